The second-order valence-electron chi connectivity index (χ2n) is 7.30. The standard InChI is InChI=1S/2C13H15.2ClH.Zr/c2*1-3-5-11-6-4-7-12-9-8-10(2)13(11)12;;;/h2*4,6-9H,3,5H2,1-2H3;2*1H;/q2*-1;;;+4/p-2. The second-order valence-corrected chi connectivity index (χ2v) is 7.30. The Bertz CT molecular complexity index is 912. The van der Waals surface area contributed by atoms with Crippen LogP contribution in [-0.4, -0.2) is 0 Å². The fourth-order valence-electron chi connectivity index (χ4n) is 4.03. The van der Waals surface area contributed by atoms with Crippen molar-refractivity contribution in [1.29, 1.82) is 0 Å². The Labute approximate surface area is 207 Å². The summed E-state index contributed by atoms with van der Waals surface area (Å²) in [5, 5.41) is 5.74. The van der Waals surface area contributed by atoms with E-state index >= 15 is 0 Å². The summed E-state index contributed by atoms with van der Waals surface area (Å²) < 4.78 is 0. The van der Waals surface area contributed by atoms with Gasteiger partial charge < -0.3 is 24.8 Å². The van der Waals surface area contributed by atoms with E-state index in [-0.39, 0.29) is 51.0 Å². The van der Waals surface area contributed by atoms with Crippen LogP contribution in [0.15, 0.2) is 60.7 Å². The van der Waals surface area contributed by atoms with Crippen molar-refractivity contribution in [2.75, 3.05) is 0 Å². The largest absolute Gasteiger partial charge is 4.00 e. The molecular weight excluding hydrogens is 474 g/mol. The second kappa shape index (κ2) is 13.4. The van der Waals surface area contributed by atoms with E-state index in [1.54, 1.807) is 0 Å². The molecular formula is C26H30Cl2Zr. The summed E-state index contributed by atoms with van der Waals surface area (Å²) in [5.41, 5.74) is 5.84. The van der Waals surface area contributed by atoms with Crippen LogP contribution in [0, 0.1) is 13.8 Å². The Morgan fingerprint density at radius 1 is 0.655 bits per heavy atom. The molecule has 0 aromatic heterocycles. The molecule has 0 radical (unpaired) electrons. The average Bonchev–Trinajstić information content (AvgIpc) is 3.21. The summed E-state index contributed by atoms with van der Waals surface area (Å²) in [6.07, 6.45) is 4.85. The topological polar surface area (TPSA) is 0 Å². The molecule has 0 spiro atoms. The molecule has 4 rings (SSSR count). The van der Waals surface area contributed by atoms with Crippen molar-refractivity contribution >= 4 is 21.5 Å². The maximum atomic E-state index is 2.25. The van der Waals surface area contributed by atoms with Crippen molar-refractivity contribution in [2.45, 2.75) is 53.4 Å². The molecule has 0 aliphatic heterocycles. The summed E-state index contributed by atoms with van der Waals surface area (Å²) >= 11 is 0. The van der Waals surface area contributed by atoms with E-state index in [4.69, 9.17) is 0 Å². The van der Waals surface area contributed by atoms with Crippen molar-refractivity contribution in [3.63, 3.8) is 0 Å². The fraction of sp³-hybridized carbons (Fsp3) is 0.308. The minimum atomic E-state index is 0. The molecule has 4 aromatic rings. The third-order valence-electron chi connectivity index (χ3n) is 5.22. The molecule has 0 amide bonds. The molecule has 0 N–H and O–H groups in total. The first kappa shape index (κ1) is 28.1. The van der Waals surface area contributed by atoms with E-state index in [1.807, 2.05) is 0 Å². The predicted octanol–water partition coefficient (Wildman–Crippen LogP) is 1.64. The molecule has 152 valence electrons. The zero-order valence-corrected chi connectivity index (χ0v) is 21.8. The SMILES string of the molecule is CCCc1cccc2[cH-]cc(C)c12.CCCc1cccc2[cH-]cc(C)c12.[Cl-].[Cl-].[Zr+4]. The predicted molar refractivity (Wildman–Crippen MR) is 117 cm³/mol. The first-order chi connectivity index (χ1) is 12.7. The summed E-state index contributed by atoms with van der Waals surface area (Å²) in [5.74, 6) is 0. The molecule has 0 saturated heterocycles. The smallest absolute Gasteiger partial charge is 1.00 e. The van der Waals surface area contributed by atoms with Crippen LogP contribution in [0.1, 0.15) is 48.9 Å². The van der Waals surface area contributed by atoms with Gasteiger partial charge in [-0.2, -0.15) is 23.3 Å². The van der Waals surface area contributed by atoms with Crippen molar-refractivity contribution in [2.24, 2.45) is 0 Å². The molecule has 0 fully saturated rings. The maximum Gasteiger partial charge on any atom is 4.00 e. The third-order valence-corrected chi connectivity index (χ3v) is 5.22. The minimum Gasteiger partial charge on any atom is -1.00 e. The van der Waals surface area contributed by atoms with Gasteiger partial charge >= 0.3 is 26.2 Å². The normalized spacial score (nSPS) is 9.79. The minimum absolute atomic E-state index is 0. The van der Waals surface area contributed by atoms with Crippen LogP contribution in [0.3, 0.4) is 0 Å². The molecule has 0 bridgehead atoms. The van der Waals surface area contributed by atoms with Crippen molar-refractivity contribution in [3.8, 4) is 0 Å². The average molecular weight is 505 g/mol. The number of benzene rings is 2. The molecule has 0 unspecified atom stereocenters. The molecule has 0 aliphatic rings. The Balaban J connectivity index is 0.000000490. The molecule has 4 aromatic carbocycles. The molecule has 0 aliphatic carbocycles. The van der Waals surface area contributed by atoms with Gasteiger partial charge in [-0.15, -0.1) is 57.9 Å². The Kier molecular flexibility index (Phi) is 13.0. The summed E-state index contributed by atoms with van der Waals surface area (Å²) in [7, 11) is 0. The number of fused-ring (bicyclic) bond motifs is 2. The van der Waals surface area contributed by atoms with Crippen molar-refractivity contribution in [1.82, 2.24) is 0 Å². The van der Waals surface area contributed by atoms with E-state index in [0.29, 0.717) is 0 Å². The van der Waals surface area contributed by atoms with Crippen LogP contribution in [0.25, 0.3) is 21.5 Å². The van der Waals surface area contributed by atoms with Crippen LogP contribution in [-0.2, 0) is 39.0 Å². The summed E-state index contributed by atoms with van der Waals surface area (Å²) in [6.45, 7) is 8.86. The Morgan fingerprint density at radius 2 is 1.03 bits per heavy atom. The Morgan fingerprint density at radius 3 is 1.38 bits per heavy atom. The van der Waals surface area contributed by atoms with Gasteiger partial charge in [0.1, 0.15) is 0 Å². The van der Waals surface area contributed by atoms with Crippen LogP contribution in [0.2, 0.25) is 0 Å². The van der Waals surface area contributed by atoms with Gasteiger partial charge in [0.15, 0.2) is 0 Å². The van der Waals surface area contributed by atoms with Crippen LogP contribution < -0.4 is 24.8 Å². The summed E-state index contributed by atoms with van der Waals surface area (Å²) in [4.78, 5) is 0. The third kappa shape index (κ3) is 6.55. The van der Waals surface area contributed by atoms with Gasteiger partial charge in [-0.25, -0.2) is 0 Å². The van der Waals surface area contributed by atoms with Gasteiger partial charge in [0.05, 0.1) is 0 Å². The van der Waals surface area contributed by atoms with E-state index in [2.05, 4.69) is 88.4 Å². The van der Waals surface area contributed by atoms with Crippen LogP contribution in [0.5, 0.6) is 0 Å². The quantitative estimate of drug-likeness (QED) is 0.371. The van der Waals surface area contributed by atoms with Crippen LogP contribution >= 0.6 is 0 Å². The molecule has 0 saturated carbocycles. The zero-order valence-electron chi connectivity index (χ0n) is 17.9. The molecule has 0 heterocycles. The van der Waals surface area contributed by atoms with E-state index in [9.17, 15) is 0 Å². The number of hydrogen-bond donors (Lipinski definition) is 0. The van der Waals surface area contributed by atoms with Gasteiger partial charge in [-0.1, -0.05) is 63.8 Å². The molecule has 3 heteroatoms. The molecule has 0 atom stereocenters. The first-order valence-electron chi connectivity index (χ1n) is 9.93. The van der Waals surface area contributed by atoms with E-state index in [0.717, 1.165) is 0 Å². The number of rotatable bonds is 4. The Hall–Kier alpha value is -0.877. The van der Waals surface area contributed by atoms with E-state index in [1.165, 1.54) is 69.5 Å². The first-order valence-corrected chi connectivity index (χ1v) is 9.93. The zero-order chi connectivity index (χ0) is 18.5. The summed E-state index contributed by atoms with van der Waals surface area (Å²) in [6, 6.07) is 22.1. The maximum absolute atomic E-state index is 2.25. The monoisotopic (exact) mass is 502 g/mol. The van der Waals surface area contributed by atoms with Gasteiger partial charge in [-0.05, 0) is 12.8 Å². The fourth-order valence-corrected chi connectivity index (χ4v) is 4.03. The van der Waals surface area contributed by atoms with Gasteiger partial charge in [0, 0.05) is 0 Å². The molecule has 29 heavy (non-hydrogen) atoms. The number of hydrogen-bond acceptors (Lipinski definition) is 0. The van der Waals surface area contributed by atoms with Crippen LogP contribution in [0.4, 0.5) is 0 Å². The van der Waals surface area contributed by atoms with Gasteiger partial charge in [0.2, 0.25) is 0 Å². The van der Waals surface area contributed by atoms with Crippen molar-refractivity contribution < 1.29 is 51.0 Å². The number of halogens is 2. The van der Waals surface area contributed by atoms with Gasteiger partial charge in [-0.3, -0.25) is 0 Å². The molecule has 0 nitrogen and oxygen atoms in total. The van der Waals surface area contributed by atoms with Crippen molar-refractivity contribution in [3.05, 3.63) is 82.9 Å². The van der Waals surface area contributed by atoms with Gasteiger partial charge in [0.25, 0.3) is 0 Å². The number of aryl methyl sites for hydroxylation is 4. The van der Waals surface area contributed by atoms with E-state index < -0.39 is 0 Å².